The maximum absolute atomic E-state index is 10.3. The number of hydrogen-bond acceptors (Lipinski definition) is 3. The van der Waals surface area contributed by atoms with E-state index in [2.05, 4.69) is 11.9 Å². The molecule has 0 amide bonds. The summed E-state index contributed by atoms with van der Waals surface area (Å²) in [6.07, 6.45) is 3.43. The number of carbonyl (C=O) groups excluding carboxylic acids is 2. The molecule has 0 aromatic heterocycles. The molecule has 0 unspecified atom stereocenters. The van der Waals surface area contributed by atoms with E-state index in [0.717, 1.165) is 0 Å². The van der Waals surface area contributed by atoms with Crippen LogP contribution in [0.25, 0.3) is 0 Å². The smallest absolute Gasteiger partial charge is 0.146 e. The number of carbonyl (C=O) groups is 2. The zero-order valence-electron chi connectivity index (χ0n) is 9.43. The van der Waals surface area contributed by atoms with Gasteiger partial charge in [0.1, 0.15) is 11.6 Å². The summed E-state index contributed by atoms with van der Waals surface area (Å²) >= 11 is 0. The van der Waals surface area contributed by atoms with Crippen LogP contribution in [0.5, 0.6) is 0 Å². The number of rotatable bonds is 6. The summed E-state index contributed by atoms with van der Waals surface area (Å²) in [4.78, 5) is 20.7. The molecule has 0 spiro atoms. The van der Waals surface area contributed by atoms with Gasteiger partial charge in [0.2, 0.25) is 0 Å². The van der Waals surface area contributed by atoms with Crippen LogP contribution in [0, 0.1) is 0 Å². The maximum Gasteiger partial charge on any atom is 0.146 e. The van der Waals surface area contributed by atoms with Crippen LogP contribution in [0.15, 0.2) is 12.7 Å². The lowest BCUT2D eigenvalue weighted by Crippen LogP contribution is -2.16. The highest BCUT2D eigenvalue weighted by Gasteiger charge is 1.90. The number of ketones is 2. The van der Waals surface area contributed by atoms with E-state index in [1.165, 1.54) is 0 Å². The molecule has 1 N–H and O–H groups in total. The summed E-state index contributed by atoms with van der Waals surface area (Å²) in [6, 6.07) is 0. The minimum Gasteiger partial charge on any atom is -0.313 e. The average Bonchev–Trinajstić information content (AvgIpc) is 2.19. The second-order valence-corrected chi connectivity index (χ2v) is 2.81. The Morgan fingerprint density at radius 2 is 1.71 bits per heavy atom. The van der Waals surface area contributed by atoms with E-state index in [4.69, 9.17) is 0 Å². The quantitative estimate of drug-likeness (QED) is 0.663. The first-order valence-corrected chi connectivity index (χ1v) is 4.91. The van der Waals surface area contributed by atoms with E-state index in [-0.39, 0.29) is 11.6 Å². The van der Waals surface area contributed by atoms with Crippen molar-refractivity contribution in [2.45, 2.75) is 33.1 Å². The van der Waals surface area contributed by atoms with Gasteiger partial charge >= 0.3 is 0 Å². The number of likely N-dealkylation sites (N-methyl/N-ethyl adjacent to an activating group) is 1. The zero-order valence-corrected chi connectivity index (χ0v) is 9.43. The SMILES string of the molecule is C=CCC(=O)CC.CCC(=O)CNC. The van der Waals surface area contributed by atoms with Gasteiger partial charge in [0.25, 0.3) is 0 Å². The van der Waals surface area contributed by atoms with Gasteiger partial charge in [0.05, 0.1) is 6.54 Å². The molecule has 0 atom stereocenters. The van der Waals surface area contributed by atoms with Crippen molar-refractivity contribution in [3.8, 4) is 0 Å². The minimum atomic E-state index is 0.259. The molecule has 0 fully saturated rings. The van der Waals surface area contributed by atoms with Gasteiger partial charge in [-0.05, 0) is 7.05 Å². The average molecular weight is 199 g/mol. The molecule has 3 heteroatoms. The van der Waals surface area contributed by atoms with Gasteiger partial charge in [-0.2, -0.15) is 0 Å². The van der Waals surface area contributed by atoms with Gasteiger partial charge in [-0.25, -0.2) is 0 Å². The number of nitrogens with one attached hydrogen (secondary N) is 1. The van der Waals surface area contributed by atoms with E-state index < -0.39 is 0 Å². The molecule has 0 bridgehead atoms. The van der Waals surface area contributed by atoms with Gasteiger partial charge < -0.3 is 5.32 Å². The standard InChI is InChI=1S/C6H10O.C5H11NO/c1-3-5-6(7)4-2;1-3-5(7)4-6-2/h3H,1,4-5H2,2H3;6H,3-4H2,1-2H3. The van der Waals surface area contributed by atoms with Crippen LogP contribution >= 0.6 is 0 Å². The molecule has 0 saturated heterocycles. The second-order valence-electron chi connectivity index (χ2n) is 2.81. The molecular formula is C11H21NO2. The minimum absolute atomic E-state index is 0.259. The topological polar surface area (TPSA) is 46.2 Å². The van der Waals surface area contributed by atoms with Crippen LogP contribution in [0.3, 0.4) is 0 Å². The van der Waals surface area contributed by atoms with E-state index in [1.807, 2.05) is 13.8 Å². The summed E-state index contributed by atoms with van der Waals surface area (Å²) in [5.41, 5.74) is 0. The molecule has 0 aliphatic heterocycles. The predicted molar refractivity (Wildman–Crippen MR) is 59.3 cm³/mol. The molecule has 0 aromatic carbocycles. The lowest BCUT2D eigenvalue weighted by Gasteiger charge is -1.90. The lowest BCUT2D eigenvalue weighted by atomic mass is 10.2. The molecular weight excluding hydrogens is 178 g/mol. The summed E-state index contributed by atoms with van der Waals surface area (Å²) in [5.74, 6) is 0.525. The second kappa shape index (κ2) is 12.0. The Labute approximate surface area is 86.6 Å². The summed E-state index contributed by atoms with van der Waals surface area (Å²) in [5, 5.41) is 2.77. The third-order valence-electron chi connectivity index (χ3n) is 1.53. The summed E-state index contributed by atoms with van der Waals surface area (Å²) < 4.78 is 0. The Morgan fingerprint density at radius 1 is 1.21 bits per heavy atom. The molecule has 0 heterocycles. The first kappa shape index (κ1) is 15.5. The van der Waals surface area contributed by atoms with Crippen molar-refractivity contribution in [3.63, 3.8) is 0 Å². The monoisotopic (exact) mass is 199 g/mol. The van der Waals surface area contributed by atoms with Crippen LogP contribution in [-0.2, 0) is 9.59 Å². The summed E-state index contributed by atoms with van der Waals surface area (Å²) in [7, 11) is 1.77. The molecule has 0 aliphatic carbocycles. The van der Waals surface area contributed by atoms with Crippen LogP contribution in [-0.4, -0.2) is 25.2 Å². The Hall–Kier alpha value is -0.960. The van der Waals surface area contributed by atoms with Crippen LogP contribution in [0.2, 0.25) is 0 Å². The Balaban J connectivity index is 0. The van der Waals surface area contributed by atoms with Gasteiger partial charge in [0, 0.05) is 19.3 Å². The normalized spacial score (nSPS) is 8.50. The molecule has 0 aliphatic rings. The maximum atomic E-state index is 10.3. The molecule has 3 nitrogen and oxygen atoms in total. The van der Waals surface area contributed by atoms with Crippen molar-refractivity contribution in [3.05, 3.63) is 12.7 Å². The van der Waals surface area contributed by atoms with Crippen molar-refractivity contribution < 1.29 is 9.59 Å². The van der Waals surface area contributed by atoms with Crippen molar-refractivity contribution >= 4 is 11.6 Å². The number of Topliss-reactive ketones (excluding diaryl/α,β-unsaturated/α-hetero) is 2. The van der Waals surface area contributed by atoms with Gasteiger partial charge in [-0.15, -0.1) is 6.58 Å². The van der Waals surface area contributed by atoms with E-state index >= 15 is 0 Å². The number of hydrogen-bond donors (Lipinski definition) is 1. The first-order chi connectivity index (χ1) is 6.62. The van der Waals surface area contributed by atoms with E-state index in [0.29, 0.717) is 25.8 Å². The van der Waals surface area contributed by atoms with Crippen molar-refractivity contribution in [1.82, 2.24) is 5.32 Å². The highest BCUT2D eigenvalue weighted by molar-refractivity contribution is 5.80. The Bertz CT molecular complexity index is 176. The first-order valence-electron chi connectivity index (χ1n) is 4.91. The fourth-order valence-corrected chi connectivity index (χ4v) is 0.627. The molecule has 0 rings (SSSR count). The molecule has 0 radical (unpaired) electrons. The zero-order chi connectivity index (χ0) is 11.4. The largest absolute Gasteiger partial charge is 0.313 e. The van der Waals surface area contributed by atoms with Crippen molar-refractivity contribution in [2.24, 2.45) is 0 Å². The number of allylic oxidation sites excluding steroid dienone is 1. The predicted octanol–water partition coefficient (Wildman–Crippen LogP) is 1.73. The molecule has 14 heavy (non-hydrogen) atoms. The van der Waals surface area contributed by atoms with Crippen molar-refractivity contribution in [2.75, 3.05) is 13.6 Å². The molecule has 0 saturated carbocycles. The van der Waals surface area contributed by atoms with Gasteiger partial charge in [-0.1, -0.05) is 19.9 Å². The lowest BCUT2D eigenvalue weighted by molar-refractivity contribution is -0.118. The van der Waals surface area contributed by atoms with Crippen LogP contribution < -0.4 is 5.32 Å². The molecule has 0 aromatic rings. The third kappa shape index (κ3) is 13.6. The highest BCUT2D eigenvalue weighted by Crippen LogP contribution is 1.86. The van der Waals surface area contributed by atoms with Crippen LogP contribution in [0.4, 0.5) is 0 Å². The van der Waals surface area contributed by atoms with Crippen LogP contribution in [0.1, 0.15) is 33.1 Å². The van der Waals surface area contributed by atoms with E-state index in [9.17, 15) is 9.59 Å². The Morgan fingerprint density at radius 3 is 1.86 bits per heavy atom. The van der Waals surface area contributed by atoms with Crippen molar-refractivity contribution in [1.29, 1.82) is 0 Å². The van der Waals surface area contributed by atoms with E-state index in [1.54, 1.807) is 13.1 Å². The summed E-state index contributed by atoms with van der Waals surface area (Å²) in [6.45, 7) is 7.65. The van der Waals surface area contributed by atoms with Gasteiger partial charge in [-0.3, -0.25) is 9.59 Å². The van der Waals surface area contributed by atoms with Gasteiger partial charge in [0.15, 0.2) is 0 Å². The highest BCUT2D eigenvalue weighted by atomic mass is 16.1. The fraction of sp³-hybridized carbons (Fsp3) is 0.636. The molecule has 82 valence electrons. The Kier molecular flexibility index (Phi) is 13.3. The third-order valence-corrected chi connectivity index (χ3v) is 1.53. The fourth-order valence-electron chi connectivity index (χ4n) is 0.627.